The number of benzene rings is 1. The molecule has 0 saturated carbocycles. The summed E-state index contributed by atoms with van der Waals surface area (Å²) in [6, 6.07) is 10.7. The highest BCUT2D eigenvalue weighted by Gasteiger charge is 2.09. The highest BCUT2D eigenvalue weighted by Crippen LogP contribution is 2.12. The number of piperidine rings is 1. The largest absolute Gasteiger partial charge is 0.369 e. The minimum Gasteiger partial charge on any atom is -0.369 e. The second-order valence-corrected chi connectivity index (χ2v) is 6.39. The maximum Gasteiger partial charge on any atom is 0.129 e. The van der Waals surface area contributed by atoms with Crippen LogP contribution in [-0.4, -0.2) is 41.0 Å². The third-order valence-electron chi connectivity index (χ3n) is 4.41. The molecule has 1 fully saturated rings. The van der Waals surface area contributed by atoms with E-state index in [1.54, 1.807) is 6.33 Å². The highest BCUT2D eigenvalue weighted by atomic mass is 15.1. The molecular formula is C19H26N4. The molecule has 1 saturated heterocycles. The maximum absolute atomic E-state index is 4.39. The van der Waals surface area contributed by atoms with Gasteiger partial charge in [0.1, 0.15) is 12.1 Å². The van der Waals surface area contributed by atoms with Gasteiger partial charge in [0.15, 0.2) is 0 Å². The molecule has 2 heterocycles. The lowest BCUT2D eigenvalue weighted by Crippen LogP contribution is -2.33. The first-order valence-electron chi connectivity index (χ1n) is 8.62. The summed E-state index contributed by atoms with van der Waals surface area (Å²) >= 11 is 0. The van der Waals surface area contributed by atoms with Crippen molar-refractivity contribution in [2.45, 2.75) is 32.6 Å². The van der Waals surface area contributed by atoms with Gasteiger partial charge in [0.2, 0.25) is 0 Å². The molecule has 0 unspecified atom stereocenters. The molecule has 23 heavy (non-hydrogen) atoms. The fourth-order valence-corrected chi connectivity index (χ4v) is 3.03. The molecule has 2 aromatic rings. The van der Waals surface area contributed by atoms with Crippen LogP contribution in [0.25, 0.3) is 0 Å². The van der Waals surface area contributed by atoms with Gasteiger partial charge in [0.25, 0.3) is 0 Å². The molecule has 4 nitrogen and oxygen atoms in total. The molecule has 0 aliphatic carbocycles. The molecule has 0 spiro atoms. The molecule has 1 aromatic heterocycles. The molecular weight excluding hydrogens is 284 g/mol. The number of anilines is 1. The van der Waals surface area contributed by atoms with Crippen molar-refractivity contribution in [2.24, 2.45) is 0 Å². The number of rotatable bonds is 6. The van der Waals surface area contributed by atoms with Gasteiger partial charge >= 0.3 is 0 Å². The molecule has 1 aliphatic rings. The van der Waals surface area contributed by atoms with Crippen LogP contribution >= 0.6 is 0 Å². The first-order valence-corrected chi connectivity index (χ1v) is 8.62. The van der Waals surface area contributed by atoms with Gasteiger partial charge in [-0.3, -0.25) is 0 Å². The summed E-state index contributed by atoms with van der Waals surface area (Å²) < 4.78 is 0. The zero-order chi connectivity index (χ0) is 15.9. The van der Waals surface area contributed by atoms with Crippen LogP contribution in [0.4, 0.5) is 5.82 Å². The van der Waals surface area contributed by atoms with Crippen molar-refractivity contribution in [1.82, 2.24) is 14.9 Å². The molecule has 122 valence electrons. The third kappa shape index (κ3) is 5.03. The molecule has 1 aromatic carbocycles. The smallest absolute Gasteiger partial charge is 0.129 e. The zero-order valence-electron chi connectivity index (χ0n) is 14.0. The standard InChI is InChI=1S/C19H26N4/c1-16-5-7-17(8-6-16)13-18-14-19(22-15-21-18)20-9-12-23-10-3-2-4-11-23/h5-8,14-15H,2-4,9-13H2,1H3,(H,20,21,22). The Bertz CT molecular complexity index is 603. The number of aromatic nitrogens is 2. The van der Waals surface area contributed by atoms with Gasteiger partial charge in [-0.2, -0.15) is 0 Å². The van der Waals surface area contributed by atoms with Crippen molar-refractivity contribution in [3.63, 3.8) is 0 Å². The molecule has 4 heteroatoms. The Hall–Kier alpha value is -1.94. The summed E-state index contributed by atoms with van der Waals surface area (Å²) in [5.74, 6) is 0.930. The second kappa shape index (κ2) is 8.06. The van der Waals surface area contributed by atoms with Gasteiger partial charge in [-0.25, -0.2) is 9.97 Å². The quantitative estimate of drug-likeness (QED) is 0.889. The van der Waals surface area contributed by atoms with Crippen molar-refractivity contribution in [3.8, 4) is 0 Å². The first kappa shape index (κ1) is 15.9. The van der Waals surface area contributed by atoms with Crippen molar-refractivity contribution in [1.29, 1.82) is 0 Å². The van der Waals surface area contributed by atoms with E-state index in [0.29, 0.717) is 0 Å². The number of hydrogen-bond acceptors (Lipinski definition) is 4. The van der Waals surface area contributed by atoms with Gasteiger partial charge in [0, 0.05) is 25.6 Å². The van der Waals surface area contributed by atoms with Crippen LogP contribution in [0.2, 0.25) is 0 Å². The van der Waals surface area contributed by atoms with E-state index in [1.807, 2.05) is 0 Å². The van der Waals surface area contributed by atoms with E-state index in [-0.39, 0.29) is 0 Å². The monoisotopic (exact) mass is 310 g/mol. The van der Waals surface area contributed by atoms with E-state index in [4.69, 9.17) is 0 Å². The minimum atomic E-state index is 0.851. The average molecular weight is 310 g/mol. The Morgan fingerprint density at radius 1 is 1.04 bits per heavy atom. The first-order chi connectivity index (χ1) is 11.3. The van der Waals surface area contributed by atoms with Crippen molar-refractivity contribution >= 4 is 5.82 Å². The fourth-order valence-electron chi connectivity index (χ4n) is 3.03. The van der Waals surface area contributed by atoms with Crippen molar-refractivity contribution < 1.29 is 0 Å². The normalized spacial score (nSPS) is 15.5. The summed E-state index contributed by atoms with van der Waals surface area (Å²) in [7, 11) is 0. The summed E-state index contributed by atoms with van der Waals surface area (Å²) in [5.41, 5.74) is 3.63. The van der Waals surface area contributed by atoms with Crippen LogP contribution in [-0.2, 0) is 6.42 Å². The zero-order valence-corrected chi connectivity index (χ0v) is 14.0. The molecule has 3 rings (SSSR count). The fraction of sp³-hybridized carbons (Fsp3) is 0.474. The van der Waals surface area contributed by atoms with E-state index in [2.05, 4.69) is 57.4 Å². The van der Waals surface area contributed by atoms with Crippen LogP contribution in [0.15, 0.2) is 36.7 Å². The lowest BCUT2D eigenvalue weighted by atomic mass is 10.1. The number of nitrogens with one attached hydrogen (secondary N) is 1. The Kier molecular flexibility index (Phi) is 5.59. The van der Waals surface area contributed by atoms with E-state index < -0.39 is 0 Å². The number of aryl methyl sites for hydroxylation is 1. The van der Waals surface area contributed by atoms with E-state index >= 15 is 0 Å². The van der Waals surface area contributed by atoms with E-state index in [1.165, 1.54) is 43.5 Å². The van der Waals surface area contributed by atoms with Crippen LogP contribution in [0.1, 0.15) is 36.1 Å². The van der Waals surface area contributed by atoms with Crippen molar-refractivity contribution in [3.05, 3.63) is 53.5 Å². The van der Waals surface area contributed by atoms with E-state index in [0.717, 1.165) is 31.0 Å². The molecule has 0 atom stereocenters. The van der Waals surface area contributed by atoms with Crippen LogP contribution < -0.4 is 5.32 Å². The predicted molar refractivity (Wildman–Crippen MR) is 94.8 cm³/mol. The van der Waals surface area contributed by atoms with Crippen LogP contribution in [0.5, 0.6) is 0 Å². The predicted octanol–water partition coefficient (Wildman–Crippen LogP) is 3.27. The Labute approximate surface area is 139 Å². The molecule has 0 bridgehead atoms. The SMILES string of the molecule is Cc1ccc(Cc2cc(NCCN3CCCCC3)ncn2)cc1. The topological polar surface area (TPSA) is 41.0 Å². The molecule has 0 radical (unpaired) electrons. The van der Waals surface area contributed by atoms with Crippen molar-refractivity contribution in [2.75, 3.05) is 31.5 Å². The van der Waals surface area contributed by atoms with Gasteiger partial charge < -0.3 is 10.2 Å². The minimum absolute atomic E-state index is 0.851. The number of nitrogens with zero attached hydrogens (tertiary/aromatic N) is 3. The van der Waals surface area contributed by atoms with Crippen LogP contribution in [0, 0.1) is 6.92 Å². The summed E-state index contributed by atoms with van der Waals surface area (Å²) in [6.07, 6.45) is 6.58. The Balaban J connectivity index is 1.51. The van der Waals surface area contributed by atoms with Crippen LogP contribution in [0.3, 0.4) is 0 Å². The van der Waals surface area contributed by atoms with Gasteiger partial charge in [-0.05, 0) is 38.4 Å². The summed E-state index contributed by atoms with van der Waals surface area (Å²) in [4.78, 5) is 11.3. The van der Waals surface area contributed by atoms with E-state index in [9.17, 15) is 0 Å². The molecule has 0 amide bonds. The molecule has 1 aliphatic heterocycles. The van der Waals surface area contributed by atoms with Gasteiger partial charge in [-0.1, -0.05) is 36.2 Å². The average Bonchev–Trinajstić information content (AvgIpc) is 2.58. The Morgan fingerprint density at radius 2 is 1.83 bits per heavy atom. The Morgan fingerprint density at radius 3 is 2.61 bits per heavy atom. The number of likely N-dealkylation sites (tertiary alicyclic amines) is 1. The third-order valence-corrected chi connectivity index (χ3v) is 4.41. The van der Waals surface area contributed by atoms with Gasteiger partial charge in [0.05, 0.1) is 5.69 Å². The summed E-state index contributed by atoms with van der Waals surface area (Å²) in [6.45, 7) is 6.63. The lowest BCUT2D eigenvalue weighted by Gasteiger charge is -2.26. The second-order valence-electron chi connectivity index (χ2n) is 6.39. The number of hydrogen-bond donors (Lipinski definition) is 1. The van der Waals surface area contributed by atoms with Gasteiger partial charge in [-0.15, -0.1) is 0 Å². The molecule has 1 N–H and O–H groups in total. The highest BCUT2D eigenvalue weighted by molar-refractivity contribution is 5.36. The lowest BCUT2D eigenvalue weighted by molar-refractivity contribution is 0.237. The summed E-state index contributed by atoms with van der Waals surface area (Å²) in [5, 5.41) is 3.43. The maximum atomic E-state index is 4.39.